The lowest BCUT2D eigenvalue weighted by atomic mass is 10.2. The van der Waals surface area contributed by atoms with Gasteiger partial charge in [-0.25, -0.2) is 4.21 Å². The first-order valence-electron chi connectivity index (χ1n) is 5.86. The minimum atomic E-state index is -1.34. The van der Waals surface area contributed by atoms with Crippen LogP contribution in [0.15, 0.2) is 62.7 Å². The Bertz CT molecular complexity index is 589. The molecule has 0 radical (unpaired) electrons. The molecule has 2 aromatic rings. The Morgan fingerprint density at radius 3 is 2.26 bits per heavy atom. The van der Waals surface area contributed by atoms with Crippen LogP contribution in [0.5, 0.6) is 0 Å². The first-order valence-corrected chi connectivity index (χ1v) is 8.19. The second-order valence-corrected chi connectivity index (χ2v) is 6.13. The molecule has 0 fully saturated rings. The van der Waals surface area contributed by atoms with Gasteiger partial charge in [0.2, 0.25) is 0 Å². The summed E-state index contributed by atoms with van der Waals surface area (Å²) in [7, 11) is -1.34. The van der Waals surface area contributed by atoms with E-state index in [9.17, 15) is 4.21 Å². The van der Waals surface area contributed by atoms with E-state index in [1.807, 2.05) is 61.7 Å². The lowest BCUT2D eigenvalue weighted by Gasteiger charge is -1.98. The Kier molecular flexibility index (Phi) is 4.93. The fraction of sp³-hybridized carbons (Fsp3) is 0.133. The predicted octanol–water partition coefficient (Wildman–Crippen LogP) is 3.86. The van der Waals surface area contributed by atoms with Crippen molar-refractivity contribution in [2.45, 2.75) is 16.7 Å². The topological polar surface area (TPSA) is 29.4 Å². The highest BCUT2D eigenvalue weighted by molar-refractivity contribution is 7.98. The van der Waals surface area contributed by atoms with Crippen LogP contribution in [0.25, 0.3) is 0 Å². The van der Waals surface area contributed by atoms with Crippen molar-refractivity contribution in [3.05, 3.63) is 59.7 Å². The summed E-state index contributed by atoms with van der Waals surface area (Å²) >= 11 is 1.70. The van der Waals surface area contributed by atoms with E-state index in [-0.39, 0.29) is 0 Å². The van der Waals surface area contributed by atoms with Gasteiger partial charge in [0.25, 0.3) is 0 Å². The standard InChI is InChI=1S/C15H15NOS2/c1-12-3-9-15(10-4-12)19(17)16-11-13-5-7-14(18-2)8-6-13/h3-11H,1-2H3/b16-11+/t19-/m0/s1. The Morgan fingerprint density at radius 2 is 1.68 bits per heavy atom. The fourth-order valence-electron chi connectivity index (χ4n) is 1.51. The number of hydrogen-bond donors (Lipinski definition) is 0. The quantitative estimate of drug-likeness (QED) is 0.632. The lowest BCUT2D eigenvalue weighted by Crippen LogP contribution is -1.89. The van der Waals surface area contributed by atoms with E-state index in [2.05, 4.69) is 4.40 Å². The third-order valence-electron chi connectivity index (χ3n) is 2.64. The molecule has 0 bridgehead atoms. The molecule has 0 heterocycles. The van der Waals surface area contributed by atoms with Crippen molar-refractivity contribution in [1.82, 2.24) is 0 Å². The van der Waals surface area contributed by atoms with E-state index < -0.39 is 11.0 Å². The molecule has 0 unspecified atom stereocenters. The van der Waals surface area contributed by atoms with Gasteiger partial charge in [-0.1, -0.05) is 29.8 Å². The maximum atomic E-state index is 12.0. The van der Waals surface area contributed by atoms with Crippen molar-refractivity contribution in [3.8, 4) is 0 Å². The van der Waals surface area contributed by atoms with Crippen molar-refractivity contribution < 1.29 is 4.21 Å². The van der Waals surface area contributed by atoms with Gasteiger partial charge in [-0.15, -0.1) is 11.8 Å². The largest absolute Gasteiger partial charge is 0.229 e. The molecule has 0 aliphatic carbocycles. The number of nitrogens with zero attached hydrogens (tertiary/aromatic N) is 1. The van der Waals surface area contributed by atoms with E-state index in [4.69, 9.17) is 0 Å². The van der Waals surface area contributed by atoms with E-state index in [0.717, 1.165) is 16.0 Å². The van der Waals surface area contributed by atoms with E-state index in [0.29, 0.717) is 0 Å². The second-order valence-electron chi connectivity index (χ2n) is 4.07. The van der Waals surface area contributed by atoms with Crippen molar-refractivity contribution in [1.29, 1.82) is 0 Å². The number of hydrogen-bond acceptors (Lipinski definition) is 2. The van der Waals surface area contributed by atoms with Crippen LogP contribution in [0, 0.1) is 6.92 Å². The molecule has 0 saturated carbocycles. The maximum Gasteiger partial charge on any atom is 0.172 e. The third-order valence-corrected chi connectivity index (χ3v) is 4.35. The van der Waals surface area contributed by atoms with Gasteiger partial charge >= 0.3 is 0 Å². The molecular weight excluding hydrogens is 274 g/mol. The minimum Gasteiger partial charge on any atom is -0.229 e. The molecule has 0 amide bonds. The second kappa shape index (κ2) is 6.68. The van der Waals surface area contributed by atoms with Gasteiger partial charge in [-0.05, 0) is 43.0 Å². The molecule has 0 saturated heterocycles. The van der Waals surface area contributed by atoms with Crippen LogP contribution in [0.2, 0.25) is 0 Å². The van der Waals surface area contributed by atoms with Crippen LogP contribution in [-0.4, -0.2) is 16.7 Å². The van der Waals surface area contributed by atoms with Crippen molar-refractivity contribution in [3.63, 3.8) is 0 Å². The fourth-order valence-corrected chi connectivity index (χ4v) is 2.63. The monoisotopic (exact) mass is 289 g/mol. The van der Waals surface area contributed by atoms with Crippen LogP contribution in [0.1, 0.15) is 11.1 Å². The van der Waals surface area contributed by atoms with Crippen LogP contribution in [0.3, 0.4) is 0 Å². The molecule has 2 aromatic carbocycles. The average Bonchev–Trinajstić information content (AvgIpc) is 2.46. The lowest BCUT2D eigenvalue weighted by molar-refractivity contribution is 0.684. The summed E-state index contributed by atoms with van der Waals surface area (Å²) in [5.41, 5.74) is 2.11. The summed E-state index contributed by atoms with van der Waals surface area (Å²) in [5.74, 6) is 0. The molecule has 98 valence electrons. The van der Waals surface area contributed by atoms with Crippen molar-refractivity contribution >= 4 is 29.0 Å². The zero-order chi connectivity index (χ0) is 13.7. The normalized spacial score (nSPS) is 12.7. The zero-order valence-corrected chi connectivity index (χ0v) is 12.5. The Hall–Kier alpha value is -1.39. The molecule has 1 atom stereocenters. The summed E-state index contributed by atoms with van der Waals surface area (Å²) in [4.78, 5) is 1.93. The highest BCUT2D eigenvalue weighted by Crippen LogP contribution is 2.14. The summed E-state index contributed by atoms with van der Waals surface area (Å²) in [6, 6.07) is 15.6. The highest BCUT2D eigenvalue weighted by Gasteiger charge is 2.00. The summed E-state index contributed by atoms with van der Waals surface area (Å²) in [6.45, 7) is 2.00. The SMILES string of the molecule is CSc1ccc(/C=N/[S@@](=O)c2ccc(C)cc2)cc1. The molecule has 4 heteroatoms. The zero-order valence-electron chi connectivity index (χ0n) is 10.9. The van der Waals surface area contributed by atoms with Crippen LogP contribution < -0.4 is 0 Å². The summed E-state index contributed by atoms with van der Waals surface area (Å²) in [6.07, 6.45) is 3.69. The van der Waals surface area contributed by atoms with Gasteiger partial charge < -0.3 is 0 Å². The molecule has 0 aromatic heterocycles. The molecule has 2 rings (SSSR count). The Balaban J connectivity index is 2.08. The Morgan fingerprint density at radius 1 is 1.05 bits per heavy atom. The first-order chi connectivity index (χ1) is 9.19. The van der Waals surface area contributed by atoms with Gasteiger partial charge in [-0.2, -0.15) is 4.40 Å². The van der Waals surface area contributed by atoms with E-state index in [1.165, 1.54) is 4.90 Å². The summed E-state index contributed by atoms with van der Waals surface area (Å²) < 4.78 is 16.1. The van der Waals surface area contributed by atoms with Gasteiger partial charge in [0.15, 0.2) is 11.0 Å². The maximum absolute atomic E-state index is 12.0. The van der Waals surface area contributed by atoms with Gasteiger partial charge in [0.05, 0.1) is 4.90 Å². The smallest absolute Gasteiger partial charge is 0.172 e. The van der Waals surface area contributed by atoms with Gasteiger partial charge in [0.1, 0.15) is 0 Å². The van der Waals surface area contributed by atoms with Crippen LogP contribution >= 0.6 is 11.8 Å². The number of benzene rings is 2. The van der Waals surface area contributed by atoms with Crippen molar-refractivity contribution in [2.75, 3.05) is 6.26 Å². The van der Waals surface area contributed by atoms with E-state index >= 15 is 0 Å². The molecule has 0 aliphatic rings. The average molecular weight is 289 g/mol. The molecular formula is C15H15NOS2. The number of aryl methyl sites for hydroxylation is 1. The third kappa shape index (κ3) is 4.04. The number of rotatable bonds is 4. The van der Waals surface area contributed by atoms with E-state index in [1.54, 1.807) is 18.0 Å². The predicted molar refractivity (Wildman–Crippen MR) is 83.4 cm³/mol. The highest BCUT2D eigenvalue weighted by atomic mass is 32.2. The number of thioether (sulfide) groups is 1. The van der Waals surface area contributed by atoms with Crippen LogP contribution in [-0.2, 0) is 11.0 Å². The minimum absolute atomic E-state index is 0.725. The van der Waals surface area contributed by atoms with Gasteiger partial charge in [-0.3, -0.25) is 0 Å². The molecule has 0 aliphatic heterocycles. The molecule has 2 nitrogen and oxygen atoms in total. The van der Waals surface area contributed by atoms with Crippen molar-refractivity contribution in [2.24, 2.45) is 4.40 Å². The molecule has 0 N–H and O–H groups in total. The molecule has 19 heavy (non-hydrogen) atoms. The summed E-state index contributed by atoms with van der Waals surface area (Å²) in [5, 5.41) is 0. The van der Waals surface area contributed by atoms with Crippen LogP contribution in [0.4, 0.5) is 0 Å². The Labute approximate surface area is 120 Å². The first kappa shape index (κ1) is 14.0. The molecule has 0 spiro atoms. The van der Waals surface area contributed by atoms with Gasteiger partial charge in [0, 0.05) is 11.1 Å².